The summed E-state index contributed by atoms with van der Waals surface area (Å²) in [5.41, 5.74) is 0.764. The fraction of sp³-hybridized carbons (Fsp3) is 0.667. The summed E-state index contributed by atoms with van der Waals surface area (Å²) in [6.07, 6.45) is 3.51. The van der Waals surface area contributed by atoms with Gasteiger partial charge in [0.2, 0.25) is 5.82 Å². The molecule has 1 fully saturated rings. The standard InChI is InChI=1S/C15H23N3O2/c1-9-5-6-12(7-10(9)2)17-13-8-11(3)16-14(18-13)15(19)20-4/h8-10,12H,5-7H2,1-4H3,(H,16,17,18). The first kappa shape index (κ1) is 14.8. The quantitative estimate of drug-likeness (QED) is 0.861. The molecule has 0 aliphatic heterocycles. The first-order chi connectivity index (χ1) is 9.49. The van der Waals surface area contributed by atoms with Crippen molar-refractivity contribution in [1.29, 1.82) is 0 Å². The highest BCUT2D eigenvalue weighted by Crippen LogP contribution is 2.30. The fourth-order valence-corrected chi connectivity index (χ4v) is 2.71. The lowest BCUT2D eigenvalue weighted by Crippen LogP contribution is -2.31. The van der Waals surface area contributed by atoms with Crippen LogP contribution in [0, 0.1) is 18.8 Å². The van der Waals surface area contributed by atoms with Gasteiger partial charge in [0.15, 0.2) is 0 Å². The lowest BCUT2D eigenvalue weighted by molar-refractivity contribution is 0.0586. The van der Waals surface area contributed by atoms with Gasteiger partial charge in [-0.25, -0.2) is 14.8 Å². The second-order valence-electron chi connectivity index (χ2n) is 5.82. The summed E-state index contributed by atoms with van der Waals surface area (Å²) in [5, 5.41) is 3.43. The molecule has 0 amide bonds. The van der Waals surface area contributed by atoms with Crippen LogP contribution in [-0.2, 0) is 4.74 Å². The molecule has 0 aromatic carbocycles. The molecule has 2 rings (SSSR count). The van der Waals surface area contributed by atoms with Crippen molar-refractivity contribution in [3.8, 4) is 0 Å². The molecule has 1 aromatic heterocycles. The van der Waals surface area contributed by atoms with E-state index in [1.54, 1.807) is 0 Å². The van der Waals surface area contributed by atoms with Gasteiger partial charge in [0, 0.05) is 17.8 Å². The Kier molecular flexibility index (Phi) is 4.57. The van der Waals surface area contributed by atoms with Crippen molar-refractivity contribution in [3.05, 3.63) is 17.6 Å². The smallest absolute Gasteiger partial charge is 0.376 e. The predicted octanol–water partition coefficient (Wildman–Crippen LogP) is 2.81. The molecule has 5 nitrogen and oxygen atoms in total. The number of esters is 1. The van der Waals surface area contributed by atoms with Gasteiger partial charge in [0.05, 0.1) is 7.11 Å². The third-order valence-electron chi connectivity index (χ3n) is 4.17. The first-order valence-corrected chi connectivity index (χ1v) is 7.20. The van der Waals surface area contributed by atoms with Crippen molar-refractivity contribution >= 4 is 11.8 Å². The maximum atomic E-state index is 11.5. The van der Waals surface area contributed by atoms with Crippen molar-refractivity contribution in [2.75, 3.05) is 12.4 Å². The molecule has 110 valence electrons. The number of methoxy groups -OCH3 is 1. The molecule has 0 spiro atoms. The molecule has 5 heteroatoms. The van der Waals surface area contributed by atoms with Crippen molar-refractivity contribution in [2.45, 2.75) is 46.1 Å². The van der Waals surface area contributed by atoms with E-state index < -0.39 is 5.97 Å². The van der Waals surface area contributed by atoms with E-state index in [4.69, 9.17) is 0 Å². The van der Waals surface area contributed by atoms with Gasteiger partial charge in [0.25, 0.3) is 0 Å². The Morgan fingerprint density at radius 2 is 2.05 bits per heavy atom. The highest BCUT2D eigenvalue weighted by atomic mass is 16.5. The third-order valence-corrected chi connectivity index (χ3v) is 4.17. The number of hydrogen-bond donors (Lipinski definition) is 1. The van der Waals surface area contributed by atoms with Crippen LogP contribution in [0.4, 0.5) is 5.82 Å². The van der Waals surface area contributed by atoms with Gasteiger partial charge < -0.3 is 10.1 Å². The molecule has 1 N–H and O–H groups in total. The molecule has 1 heterocycles. The van der Waals surface area contributed by atoms with E-state index in [-0.39, 0.29) is 5.82 Å². The minimum Gasteiger partial charge on any atom is -0.463 e. The molecule has 1 saturated carbocycles. The van der Waals surface area contributed by atoms with E-state index in [0.717, 1.165) is 24.5 Å². The molecule has 20 heavy (non-hydrogen) atoms. The number of anilines is 1. The van der Waals surface area contributed by atoms with E-state index in [1.807, 2.05) is 13.0 Å². The van der Waals surface area contributed by atoms with E-state index in [9.17, 15) is 4.79 Å². The highest BCUT2D eigenvalue weighted by molar-refractivity contribution is 5.85. The van der Waals surface area contributed by atoms with Gasteiger partial charge in [-0.05, 0) is 38.0 Å². The van der Waals surface area contributed by atoms with Crippen LogP contribution in [0.5, 0.6) is 0 Å². The fourth-order valence-electron chi connectivity index (χ4n) is 2.71. The van der Waals surface area contributed by atoms with E-state index in [1.165, 1.54) is 13.5 Å². The summed E-state index contributed by atoms with van der Waals surface area (Å²) in [5.74, 6) is 1.83. The van der Waals surface area contributed by atoms with Crippen LogP contribution in [0.3, 0.4) is 0 Å². The van der Waals surface area contributed by atoms with E-state index in [0.29, 0.717) is 17.8 Å². The lowest BCUT2D eigenvalue weighted by atomic mass is 9.79. The summed E-state index contributed by atoms with van der Waals surface area (Å²) in [7, 11) is 1.34. The summed E-state index contributed by atoms with van der Waals surface area (Å²) in [4.78, 5) is 19.9. The average Bonchev–Trinajstić information content (AvgIpc) is 2.41. The van der Waals surface area contributed by atoms with Crippen LogP contribution in [0.15, 0.2) is 6.07 Å². The Hall–Kier alpha value is -1.65. The topological polar surface area (TPSA) is 64.1 Å². The number of aromatic nitrogens is 2. The van der Waals surface area contributed by atoms with Gasteiger partial charge in [-0.2, -0.15) is 0 Å². The number of aryl methyl sites for hydroxylation is 1. The van der Waals surface area contributed by atoms with Crippen LogP contribution in [0.2, 0.25) is 0 Å². The summed E-state index contributed by atoms with van der Waals surface area (Å²) in [6, 6.07) is 2.29. The number of nitrogens with one attached hydrogen (secondary N) is 1. The minimum atomic E-state index is -0.498. The predicted molar refractivity (Wildman–Crippen MR) is 77.7 cm³/mol. The number of nitrogens with zero attached hydrogens (tertiary/aromatic N) is 2. The number of carbonyl (C=O) groups is 1. The second kappa shape index (κ2) is 6.20. The largest absolute Gasteiger partial charge is 0.463 e. The van der Waals surface area contributed by atoms with Crippen molar-refractivity contribution in [3.63, 3.8) is 0 Å². The summed E-state index contributed by atoms with van der Waals surface area (Å²) >= 11 is 0. The number of hydrogen-bond acceptors (Lipinski definition) is 5. The molecule has 1 aromatic rings. The van der Waals surface area contributed by atoms with Gasteiger partial charge >= 0.3 is 5.97 Å². The Labute approximate surface area is 120 Å². The van der Waals surface area contributed by atoms with Crippen LogP contribution >= 0.6 is 0 Å². The van der Waals surface area contributed by atoms with Gasteiger partial charge in [0.1, 0.15) is 5.82 Å². The maximum Gasteiger partial charge on any atom is 0.376 e. The first-order valence-electron chi connectivity index (χ1n) is 7.20. The molecule has 0 radical (unpaired) electrons. The molecule has 3 atom stereocenters. The Morgan fingerprint density at radius 3 is 2.70 bits per heavy atom. The molecular formula is C15H23N3O2. The number of carbonyl (C=O) groups excluding carboxylic acids is 1. The SMILES string of the molecule is COC(=O)c1nc(C)cc(NC2CCC(C)C(C)C2)n1. The van der Waals surface area contributed by atoms with E-state index in [2.05, 4.69) is 33.9 Å². The molecule has 0 bridgehead atoms. The summed E-state index contributed by atoms with van der Waals surface area (Å²) < 4.78 is 4.68. The molecule has 1 aliphatic rings. The van der Waals surface area contributed by atoms with Gasteiger partial charge in [-0.3, -0.25) is 0 Å². The molecular weight excluding hydrogens is 254 g/mol. The highest BCUT2D eigenvalue weighted by Gasteiger charge is 2.25. The second-order valence-corrected chi connectivity index (χ2v) is 5.82. The number of rotatable bonds is 3. The number of ether oxygens (including phenoxy) is 1. The van der Waals surface area contributed by atoms with Crippen molar-refractivity contribution < 1.29 is 9.53 Å². The normalized spacial score (nSPS) is 26.1. The Bertz CT molecular complexity index is 490. The van der Waals surface area contributed by atoms with Gasteiger partial charge in [-0.1, -0.05) is 13.8 Å². The molecule has 3 unspecified atom stereocenters. The van der Waals surface area contributed by atoms with Crippen molar-refractivity contribution in [1.82, 2.24) is 9.97 Å². The van der Waals surface area contributed by atoms with Crippen LogP contribution in [-0.4, -0.2) is 29.1 Å². The molecule has 0 saturated heterocycles. The third kappa shape index (κ3) is 3.46. The lowest BCUT2D eigenvalue weighted by Gasteiger charge is -2.32. The van der Waals surface area contributed by atoms with Crippen molar-refractivity contribution in [2.24, 2.45) is 11.8 Å². The monoisotopic (exact) mass is 277 g/mol. The Morgan fingerprint density at radius 1 is 1.30 bits per heavy atom. The van der Waals surface area contributed by atoms with E-state index >= 15 is 0 Å². The minimum absolute atomic E-state index is 0.118. The average molecular weight is 277 g/mol. The zero-order valence-electron chi connectivity index (χ0n) is 12.6. The van der Waals surface area contributed by atoms with Crippen LogP contribution in [0.1, 0.15) is 49.4 Å². The van der Waals surface area contributed by atoms with Gasteiger partial charge in [-0.15, -0.1) is 0 Å². The zero-order chi connectivity index (χ0) is 14.7. The zero-order valence-corrected chi connectivity index (χ0v) is 12.6. The van der Waals surface area contributed by atoms with Crippen LogP contribution in [0.25, 0.3) is 0 Å². The Balaban J connectivity index is 2.09. The van der Waals surface area contributed by atoms with Crippen LogP contribution < -0.4 is 5.32 Å². The summed E-state index contributed by atoms with van der Waals surface area (Å²) in [6.45, 7) is 6.46. The maximum absolute atomic E-state index is 11.5. The molecule has 1 aliphatic carbocycles.